The fourth-order valence-electron chi connectivity index (χ4n) is 1.68. The molecule has 5 nitrogen and oxygen atoms in total. The SMILES string of the molecule is CC(C)(C)OC(=O)C1CC(NCCN=O)C1. The highest BCUT2D eigenvalue weighted by Crippen LogP contribution is 2.29. The van der Waals surface area contributed by atoms with E-state index in [0.29, 0.717) is 12.6 Å². The normalized spacial score (nSPS) is 24.7. The summed E-state index contributed by atoms with van der Waals surface area (Å²) in [5, 5.41) is 5.93. The van der Waals surface area contributed by atoms with Crippen LogP contribution < -0.4 is 5.32 Å². The molecular formula is C11H20N2O3. The van der Waals surface area contributed by atoms with Crippen molar-refractivity contribution in [2.24, 2.45) is 11.1 Å². The monoisotopic (exact) mass is 228 g/mol. The Labute approximate surface area is 95.9 Å². The van der Waals surface area contributed by atoms with Gasteiger partial charge in [0.05, 0.1) is 12.5 Å². The molecule has 1 aliphatic rings. The van der Waals surface area contributed by atoms with E-state index in [1.165, 1.54) is 0 Å². The Kier molecular flexibility index (Phi) is 4.41. The topological polar surface area (TPSA) is 67.8 Å². The highest BCUT2D eigenvalue weighted by Gasteiger charge is 2.36. The van der Waals surface area contributed by atoms with Gasteiger partial charge in [0.25, 0.3) is 0 Å². The summed E-state index contributed by atoms with van der Waals surface area (Å²) < 4.78 is 5.28. The van der Waals surface area contributed by atoms with Gasteiger partial charge in [-0.2, -0.15) is 4.91 Å². The Bertz CT molecular complexity index is 254. The number of carbonyl (C=O) groups excluding carboxylic acids is 1. The van der Waals surface area contributed by atoms with E-state index in [-0.39, 0.29) is 18.4 Å². The Balaban J connectivity index is 2.15. The highest BCUT2D eigenvalue weighted by atomic mass is 16.6. The standard InChI is InChI=1S/C11H20N2O3/c1-11(2,3)16-10(14)8-6-9(7-8)12-4-5-13-15/h8-9,12H,4-7H2,1-3H3. The number of ether oxygens (including phenoxy) is 1. The predicted octanol–water partition coefficient (Wildman–Crippen LogP) is 1.46. The Morgan fingerprint density at radius 1 is 1.44 bits per heavy atom. The van der Waals surface area contributed by atoms with Crippen molar-refractivity contribution in [2.75, 3.05) is 13.1 Å². The van der Waals surface area contributed by atoms with Crippen LogP contribution in [0.1, 0.15) is 33.6 Å². The molecule has 0 unspecified atom stereocenters. The summed E-state index contributed by atoms with van der Waals surface area (Å²) >= 11 is 0. The molecule has 1 rings (SSSR count). The second-order valence-electron chi connectivity index (χ2n) is 5.21. The third-order valence-electron chi connectivity index (χ3n) is 2.51. The highest BCUT2D eigenvalue weighted by molar-refractivity contribution is 5.74. The van der Waals surface area contributed by atoms with Crippen molar-refractivity contribution in [1.29, 1.82) is 0 Å². The van der Waals surface area contributed by atoms with Gasteiger partial charge < -0.3 is 10.1 Å². The van der Waals surface area contributed by atoms with Crippen LogP contribution in [-0.4, -0.2) is 30.7 Å². The lowest BCUT2D eigenvalue weighted by Gasteiger charge is -2.35. The molecule has 1 fully saturated rings. The molecule has 0 aromatic rings. The van der Waals surface area contributed by atoms with E-state index in [1.807, 2.05) is 20.8 Å². The van der Waals surface area contributed by atoms with Crippen LogP contribution in [0.15, 0.2) is 5.18 Å². The van der Waals surface area contributed by atoms with Gasteiger partial charge in [-0.3, -0.25) is 4.79 Å². The van der Waals surface area contributed by atoms with E-state index < -0.39 is 5.60 Å². The maximum Gasteiger partial charge on any atom is 0.309 e. The number of carbonyl (C=O) groups is 1. The number of hydrogen-bond donors (Lipinski definition) is 1. The Hall–Kier alpha value is -0.970. The number of hydrogen-bond acceptors (Lipinski definition) is 5. The summed E-state index contributed by atoms with van der Waals surface area (Å²) in [5.74, 6) is -0.0972. The molecule has 1 saturated carbocycles. The molecule has 0 atom stereocenters. The van der Waals surface area contributed by atoms with Gasteiger partial charge in [-0.15, -0.1) is 0 Å². The molecule has 0 amide bonds. The van der Waals surface area contributed by atoms with Crippen LogP contribution in [0.25, 0.3) is 0 Å². The molecule has 0 aliphatic heterocycles. The number of esters is 1. The van der Waals surface area contributed by atoms with Crippen LogP contribution >= 0.6 is 0 Å². The summed E-state index contributed by atoms with van der Waals surface area (Å²) in [6, 6.07) is 0.333. The van der Waals surface area contributed by atoms with Crippen molar-refractivity contribution < 1.29 is 9.53 Å². The van der Waals surface area contributed by atoms with E-state index in [1.54, 1.807) is 0 Å². The van der Waals surface area contributed by atoms with E-state index in [4.69, 9.17) is 4.74 Å². The fourth-order valence-corrected chi connectivity index (χ4v) is 1.68. The molecule has 0 bridgehead atoms. The van der Waals surface area contributed by atoms with Gasteiger partial charge in [0.15, 0.2) is 0 Å². The van der Waals surface area contributed by atoms with E-state index in [9.17, 15) is 9.70 Å². The molecule has 1 N–H and O–H groups in total. The van der Waals surface area contributed by atoms with E-state index in [0.717, 1.165) is 12.8 Å². The lowest BCUT2D eigenvalue weighted by Crippen LogP contribution is -2.46. The molecule has 0 saturated heterocycles. The zero-order valence-electron chi connectivity index (χ0n) is 10.2. The van der Waals surface area contributed by atoms with Gasteiger partial charge in [0.1, 0.15) is 5.60 Å². The molecule has 0 aromatic carbocycles. The van der Waals surface area contributed by atoms with Gasteiger partial charge in [0, 0.05) is 12.6 Å². The maximum atomic E-state index is 11.6. The fraction of sp³-hybridized carbons (Fsp3) is 0.909. The van der Waals surface area contributed by atoms with Crippen LogP contribution in [0.4, 0.5) is 0 Å². The largest absolute Gasteiger partial charge is 0.460 e. The summed E-state index contributed by atoms with van der Waals surface area (Å²) in [6.07, 6.45) is 1.60. The molecule has 0 spiro atoms. The summed E-state index contributed by atoms with van der Waals surface area (Å²) in [7, 11) is 0. The summed E-state index contributed by atoms with van der Waals surface area (Å²) in [4.78, 5) is 21.5. The molecule has 16 heavy (non-hydrogen) atoms. The number of nitrogens with one attached hydrogen (secondary N) is 1. The predicted molar refractivity (Wildman–Crippen MR) is 61.0 cm³/mol. The van der Waals surface area contributed by atoms with E-state index >= 15 is 0 Å². The van der Waals surface area contributed by atoms with Crippen LogP contribution in [0.3, 0.4) is 0 Å². The Morgan fingerprint density at radius 2 is 2.06 bits per heavy atom. The van der Waals surface area contributed by atoms with Crippen molar-refractivity contribution in [3.05, 3.63) is 4.91 Å². The number of nitrogens with zero attached hydrogens (tertiary/aromatic N) is 1. The molecule has 0 heterocycles. The minimum Gasteiger partial charge on any atom is -0.460 e. The van der Waals surface area contributed by atoms with Crippen LogP contribution in [-0.2, 0) is 9.53 Å². The first-order chi connectivity index (χ1) is 7.42. The minimum atomic E-state index is -0.406. The first kappa shape index (κ1) is 13.1. The molecule has 92 valence electrons. The zero-order valence-corrected chi connectivity index (χ0v) is 10.2. The minimum absolute atomic E-state index is 0.0147. The summed E-state index contributed by atoms with van der Waals surface area (Å²) in [6.45, 7) is 6.49. The number of rotatable bonds is 5. The van der Waals surface area contributed by atoms with Crippen molar-refractivity contribution in [3.8, 4) is 0 Å². The molecule has 5 heteroatoms. The van der Waals surface area contributed by atoms with Gasteiger partial charge in [-0.1, -0.05) is 5.18 Å². The van der Waals surface area contributed by atoms with Crippen molar-refractivity contribution in [3.63, 3.8) is 0 Å². The smallest absolute Gasteiger partial charge is 0.309 e. The van der Waals surface area contributed by atoms with Gasteiger partial charge in [-0.25, -0.2) is 0 Å². The lowest BCUT2D eigenvalue weighted by atomic mass is 9.80. The van der Waals surface area contributed by atoms with Gasteiger partial charge in [0.2, 0.25) is 0 Å². The zero-order chi connectivity index (χ0) is 12.2. The molecule has 0 aromatic heterocycles. The van der Waals surface area contributed by atoms with Crippen molar-refractivity contribution >= 4 is 5.97 Å². The maximum absolute atomic E-state index is 11.6. The lowest BCUT2D eigenvalue weighted by molar-refractivity contribution is -0.163. The number of nitroso groups, excluding NO2 is 1. The van der Waals surface area contributed by atoms with Crippen LogP contribution in [0.2, 0.25) is 0 Å². The van der Waals surface area contributed by atoms with Crippen molar-refractivity contribution in [1.82, 2.24) is 5.32 Å². The van der Waals surface area contributed by atoms with Crippen molar-refractivity contribution in [2.45, 2.75) is 45.3 Å². The average molecular weight is 228 g/mol. The first-order valence-electron chi connectivity index (χ1n) is 5.68. The van der Waals surface area contributed by atoms with Gasteiger partial charge in [-0.05, 0) is 33.6 Å². The molecule has 1 aliphatic carbocycles. The second kappa shape index (κ2) is 5.39. The first-order valence-corrected chi connectivity index (χ1v) is 5.68. The van der Waals surface area contributed by atoms with Crippen LogP contribution in [0, 0.1) is 10.8 Å². The third kappa shape index (κ3) is 4.26. The Morgan fingerprint density at radius 3 is 2.56 bits per heavy atom. The average Bonchev–Trinajstić information content (AvgIpc) is 2.05. The summed E-state index contributed by atoms with van der Waals surface area (Å²) in [5.41, 5.74) is -0.406. The third-order valence-corrected chi connectivity index (χ3v) is 2.51. The second-order valence-corrected chi connectivity index (χ2v) is 5.21. The molecular weight excluding hydrogens is 208 g/mol. The van der Waals surface area contributed by atoms with Gasteiger partial charge >= 0.3 is 5.97 Å². The van der Waals surface area contributed by atoms with E-state index in [2.05, 4.69) is 10.5 Å². The quantitative estimate of drug-likeness (QED) is 0.439. The molecule has 0 radical (unpaired) electrons. The van der Waals surface area contributed by atoms with Crippen LogP contribution in [0.5, 0.6) is 0 Å².